The average molecular weight is 555 g/mol. The number of sulfonamides is 1. The van der Waals surface area contributed by atoms with Gasteiger partial charge in [0.2, 0.25) is 5.91 Å². The molecule has 206 valence electrons. The van der Waals surface area contributed by atoms with Crippen LogP contribution in [0.25, 0.3) is 0 Å². The maximum Gasteiger partial charge on any atom is 0.264 e. The van der Waals surface area contributed by atoms with Crippen LogP contribution in [0.5, 0.6) is 11.5 Å². The first-order chi connectivity index (χ1) is 19.3. The fourth-order valence-corrected chi connectivity index (χ4v) is 6.40. The van der Waals surface area contributed by atoms with Crippen LogP contribution in [0.3, 0.4) is 0 Å². The van der Waals surface area contributed by atoms with Crippen LogP contribution in [0.15, 0.2) is 102 Å². The Morgan fingerprint density at radius 1 is 0.850 bits per heavy atom. The first-order valence-electron chi connectivity index (χ1n) is 13.6. The molecule has 1 N–H and O–H groups in total. The molecule has 4 aromatic rings. The topological polar surface area (TPSA) is 75.7 Å². The number of hydrogen-bond acceptors (Lipinski definition) is 4. The maximum absolute atomic E-state index is 13.8. The van der Waals surface area contributed by atoms with Crippen LogP contribution < -0.4 is 14.4 Å². The Balaban J connectivity index is 1.38. The number of rotatable bonds is 9. The summed E-state index contributed by atoms with van der Waals surface area (Å²) in [5.41, 5.74) is 5.06. The number of aryl methyl sites for hydroxylation is 3. The molecule has 0 saturated carbocycles. The van der Waals surface area contributed by atoms with Gasteiger partial charge in [0.25, 0.3) is 10.0 Å². The van der Waals surface area contributed by atoms with E-state index in [4.69, 9.17) is 4.74 Å². The standard InChI is InChI=1S/C33H34N2O4S/c1-24-12-20-32(21-13-24)40(37,38)35(29-16-18-31(19-17-29)39-30-10-4-3-5-11-30)23-33(36)34-25(2)27-15-14-26-8-6-7-9-28(26)22-27/h3-5,10-22,25H,6-9,23H2,1-2H3,(H,34,36). The highest BCUT2D eigenvalue weighted by molar-refractivity contribution is 7.92. The summed E-state index contributed by atoms with van der Waals surface area (Å²) in [7, 11) is -4.02. The fourth-order valence-electron chi connectivity index (χ4n) is 4.98. The second-order valence-corrected chi connectivity index (χ2v) is 12.1. The van der Waals surface area contributed by atoms with Crippen LogP contribution in [0, 0.1) is 6.92 Å². The first kappa shape index (κ1) is 27.5. The number of carbonyl (C=O) groups is 1. The molecule has 0 saturated heterocycles. The lowest BCUT2D eigenvalue weighted by Crippen LogP contribution is -2.41. The molecule has 1 aliphatic carbocycles. The summed E-state index contributed by atoms with van der Waals surface area (Å²) >= 11 is 0. The Kier molecular flexibility index (Phi) is 8.21. The Morgan fingerprint density at radius 3 is 2.20 bits per heavy atom. The van der Waals surface area contributed by atoms with Gasteiger partial charge in [0.1, 0.15) is 18.0 Å². The van der Waals surface area contributed by atoms with Crippen molar-refractivity contribution < 1.29 is 17.9 Å². The van der Waals surface area contributed by atoms with Crippen LogP contribution >= 0.6 is 0 Å². The fraction of sp³-hybridized carbons (Fsp3) is 0.242. The average Bonchev–Trinajstić information content (AvgIpc) is 2.97. The Hall–Kier alpha value is -4.10. The van der Waals surface area contributed by atoms with E-state index in [1.165, 1.54) is 24.0 Å². The smallest absolute Gasteiger partial charge is 0.264 e. The van der Waals surface area contributed by atoms with Crippen molar-refractivity contribution in [2.45, 2.75) is 50.5 Å². The second kappa shape index (κ2) is 12.0. The van der Waals surface area contributed by atoms with Crippen molar-refractivity contribution in [1.29, 1.82) is 0 Å². The lowest BCUT2D eigenvalue weighted by molar-refractivity contribution is -0.120. The molecule has 4 aromatic carbocycles. The number of amides is 1. The molecule has 5 rings (SSSR count). The van der Waals surface area contributed by atoms with Gasteiger partial charge < -0.3 is 10.1 Å². The van der Waals surface area contributed by atoms with E-state index in [0.29, 0.717) is 17.2 Å². The van der Waals surface area contributed by atoms with Gasteiger partial charge in [-0.05, 0) is 105 Å². The SMILES string of the molecule is Cc1ccc(S(=O)(=O)N(CC(=O)NC(C)c2ccc3c(c2)CCCC3)c2ccc(Oc3ccccc3)cc2)cc1. The Morgan fingerprint density at radius 2 is 1.50 bits per heavy atom. The van der Waals surface area contributed by atoms with Crippen LogP contribution in [0.2, 0.25) is 0 Å². The third kappa shape index (κ3) is 6.37. The van der Waals surface area contributed by atoms with Crippen molar-refractivity contribution >= 4 is 21.6 Å². The highest BCUT2D eigenvalue weighted by atomic mass is 32.2. The third-order valence-corrected chi connectivity index (χ3v) is 9.04. The molecule has 6 nitrogen and oxygen atoms in total. The Labute approximate surface area is 236 Å². The first-order valence-corrected chi connectivity index (χ1v) is 15.1. The predicted octanol–water partition coefficient (Wildman–Crippen LogP) is 6.74. The minimum atomic E-state index is -4.02. The van der Waals surface area contributed by atoms with E-state index in [1.807, 2.05) is 44.2 Å². The number of nitrogens with one attached hydrogen (secondary N) is 1. The predicted molar refractivity (Wildman–Crippen MR) is 158 cm³/mol. The monoisotopic (exact) mass is 554 g/mol. The molecule has 0 radical (unpaired) electrons. The quantitative estimate of drug-likeness (QED) is 0.249. The van der Waals surface area contributed by atoms with Gasteiger partial charge in [-0.1, -0.05) is 54.1 Å². The van der Waals surface area contributed by atoms with E-state index in [-0.39, 0.29) is 23.4 Å². The number of anilines is 1. The van der Waals surface area contributed by atoms with E-state index in [0.717, 1.165) is 28.3 Å². The summed E-state index contributed by atoms with van der Waals surface area (Å²) in [6, 6.07) is 28.8. The largest absolute Gasteiger partial charge is 0.457 e. The Bertz CT molecular complexity index is 1570. The van der Waals surface area contributed by atoms with Crippen molar-refractivity contribution in [3.05, 3.63) is 119 Å². The molecule has 0 fully saturated rings. The van der Waals surface area contributed by atoms with Gasteiger partial charge in [-0.25, -0.2) is 8.42 Å². The van der Waals surface area contributed by atoms with Gasteiger partial charge in [-0.3, -0.25) is 9.10 Å². The van der Waals surface area contributed by atoms with Crippen molar-refractivity contribution in [2.24, 2.45) is 0 Å². The number of nitrogens with zero attached hydrogens (tertiary/aromatic N) is 1. The van der Waals surface area contributed by atoms with Crippen LogP contribution in [0.1, 0.15) is 48.1 Å². The number of fused-ring (bicyclic) bond motifs is 1. The van der Waals surface area contributed by atoms with E-state index >= 15 is 0 Å². The molecular weight excluding hydrogens is 520 g/mol. The number of ether oxygens (including phenoxy) is 1. The molecule has 0 aromatic heterocycles. The molecule has 7 heteroatoms. The normalized spacial score (nSPS) is 13.7. The minimum Gasteiger partial charge on any atom is -0.457 e. The summed E-state index contributed by atoms with van der Waals surface area (Å²) in [4.78, 5) is 13.4. The summed E-state index contributed by atoms with van der Waals surface area (Å²) in [5.74, 6) is 0.855. The van der Waals surface area contributed by atoms with E-state index < -0.39 is 10.0 Å². The lowest BCUT2D eigenvalue weighted by atomic mass is 9.89. The van der Waals surface area contributed by atoms with Crippen molar-refractivity contribution in [1.82, 2.24) is 5.32 Å². The zero-order valence-electron chi connectivity index (χ0n) is 22.8. The summed E-state index contributed by atoms with van der Waals surface area (Å²) in [5, 5.41) is 3.01. The highest BCUT2D eigenvalue weighted by Gasteiger charge is 2.28. The number of para-hydroxylation sites is 1. The molecule has 1 amide bonds. The molecule has 1 aliphatic rings. The number of hydrogen-bond donors (Lipinski definition) is 1. The lowest BCUT2D eigenvalue weighted by Gasteiger charge is -2.26. The van der Waals surface area contributed by atoms with E-state index in [1.54, 1.807) is 48.5 Å². The highest BCUT2D eigenvalue weighted by Crippen LogP contribution is 2.29. The minimum absolute atomic E-state index is 0.123. The molecule has 0 aliphatic heterocycles. The zero-order valence-corrected chi connectivity index (χ0v) is 23.7. The summed E-state index contributed by atoms with van der Waals surface area (Å²) < 4.78 is 34.6. The summed E-state index contributed by atoms with van der Waals surface area (Å²) in [6.45, 7) is 3.47. The van der Waals surface area contributed by atoms with Crippen LogP contribution in [-0.2, 0) is 27.7 Å². The summed E-state index contributed by atoms with van der Waals surface area (Å²) in [6.07, 6.45) is 4.54. The van der Waals surface area contributed by atoms with Crippen LogP contribution in [0.4, 0.5) is 5.69 Å². The molecule has 0 heterocycles. The van der Waals surface area contributed by atoms with Gasteiger partial charge in [-0.2, -0.15) is 0 Å². The van der Waals surface area contributed by atoms with Crippen molar-refractivity contribution in [2.75, 3.05) is 10.8 Å². The van der Waals surface area contributed by atoms with Gasteiger partial charge >= 0.3 is 0 Å². The maximum atomic E-state index is 13.8. The third-order valence-electron chi connectivity index (χ3n) is 7.25. The molecule has 0 bridgehead atoms. The molecule has 1 atom stereocenters. The molecule has 0 spiro atoms. The van der Waals surface area contributed by atoms with Gasteiger partial charge in [-0.15, -0.1) is 0 Å². The molecular formula is C33H34N2O4S. The van der Waals surface area contributed by atoms with Crippen molar-refractivity contribution in [3.8, 4) is 11.5 Å². The van der Waals surface area contributed by atoms with E-state index in [2.05, 4.69) is 23.5 Å². The zero-order chi connectivity index (χ0) is 28.1. The second-order valence-electron chi connectivity index (χ2n) is 10.3. The van der Waals surface area contributed by atoms with Crippen molar-refractivity contribution in [3.63, 3.8) is 0 Å². The number of carbonyl (C=O) groups excluding carboxylic acids is 1. The van der Waals surface area contributed by atoms with Gasteiger partial charge in [0, 0.05) is 0 Å². The number of benzene rings is 4. The molecule has 1 unspecified atom stereocenters. The van der Waals surface area contributed by atoms with Gasteiger partial charge in [0.15, 0.2) is 0 Å². The van der Waals surface area contributed by atoms with Gasteiger partial charge in [0.05, 0.1) is 16.6 Å². The van der Waals surface area contributed by atoms with E-state index in [9.17, 15) is 13.2 Å². The molecule has 40 heavy (non-hydrogen) atoms. The van der Waals surface area contributed by atoms with Crippen LogP contribution in [-0.4, -0.2) is 20.9 Å².